The molecule has 9 heteroatoms. The van der Waals surface area contributed by atoms with Crippen LogP contribution >= 0.6 is 0 Å². The highest BCUT2D eigenvalue weighted by molar-refractivity contribution is 5.85. The molecule has 25 heavy (non-hydrogen) atoms. The summed E-state index contributed by atoms with van der Waals surface area (Å²) in [5.74, 6) is 2.53. The van der Waals surface area contributed by atoms with E-state index in [0.717, 1.165) is 5.56 Å². The molecule has 0 aliphatic heterocycles. The Morgan fingerprint density at radius 3 is 2.16 bits per heavy atom. The van der Waals surface area contributed by atoms with Gasteiger partial charge in [0, 0.05) is 18.7 Å². The van der Waals surface area contributed by atoms with Gasteiger partial charge < -0.3 is 20.1 Å². The maximum Gasteiger partial charge on any atom is 0.250 e. The molecule has 0 amide bonds. The molecule has 0 atom stereocenters. The number of methoxy groups -OCH3 is 2. The summed E-state index contributed by atoms with van der Waals surface area (Å²) >= 11 is 0. The van der Waals surface area contributed by atoms with Gasteiger partial charge in [-0.25, -0.2) is 5.43 Å². The average molecular weight is 345 g/mol. The third-order valence-electron chi connectivity index (χ3n) is 3.11. The summed E-state index contributed by atoms with van der Waals surface area (Å²) in [6.07, 6.45) is 1.62. The molecule has 2 aromatic rings. The Balaban J connectivity index is 2.19. The van der Waals surface area contributed by atoms with Crippen LogP contribution in [0.15, 0.2) is 23.3 Å². The molecule has 0 bridgehead atoms. The molecule has 0 aliphatic rings. The molecule has 1 aromatic carbocycles. The predicted octanol–water partition coefficient (Wildman–Crippen LogP) is 2.20. The standard InChI is InChI=1S/C16H23N7O2/c1-5-17-14-20-15(18-6-2)22-16(21-14)23-19-10-11-8-7-9-12(24-3)13(11)25-4/h7-10H,5-6H2,1-4H3,(H3,17,18,20,21,22,23)/b19-10+. The fourth-order valence-corrected chi connectivity index (χ4v) is 2.07. The number of ether oxygens (including phenoxy) is 2. The largest absolute Gasteiger partial charge is 0.493 e. The maximum atomic E-state index is 5.37. The zero-order valence-corrected chi connectivity index (χ0v) is 14.8. The summed E-state index contributed by atoms with van der Waals surface area (Å²) in [5, 5.41) is 10.3. The minimum Gasteiger partial charge on any atom is -0.493 e. The monoisotopic (exact) mass is 345 g/mol. The van der Waals surface area contributed by atoms with Gasteiger partial charge in [-0.1, -0.05) is 6.07 Å². The Morgan fingerprint density at radius 1 is 0.960 bits per heavy atom. The zero-order valence-electron chi connectivity index (χ0n) is 14.8. The summed E-state index contributed by atoms with van der Waals surface area (Å²) in [5.41, 5.74) is 3.58. The Kier molecular flexibility index (Phi) is 6.76. The summed E-state index contributed by atoms with van der Waals surface area (Å²) in [6.45, 7) is 5.35. The molecule has 9 nitrogen and oxygen atoms in total. The molecular weight excluding hydrogens is 322 g/mol. The highest BCUT2D eigenvalue weighted by Gasteiger charge is 2.08. The molecule has 3 N–H and O–H groups in total. The number of para-hydroxylation sites is 1. The first-order valence-electron chi connectivity index (χ1n) is 7.95. The number of hydrazone groups is 1. The number of aromatic nitrogens is 3. The molecule has 0 aliphatic carbocycles. The topological polar surface area (TPSA) is 106 Å². The first-order valence-corrected chi connectivity index (χ1v) is 7.95. The molecule has 0 saturated carbocycles. The van der Waals surface area contributed by atoms with Gasteiger partial charge in [0.25, 0.3) is 0 Å². The van der Waals surface area contributed by atoms with E-state index in [2.05, 4.69) is 36.1 Å². The van der Waals surface area contributed by atoms with Crippen LogP contribution in [0.1, 0.15) is 19.4 Å². The van der Waals surface area contributed by atoms with Crippen molar-refractivity contribution in [3.63, 3.8) is 0 Å². The van der Waals surface area contributed by atoms with Gasteiger partial charge in [-0.15, -0.1) is 0 Å². The second-order valence-electron chi connectivity index (χ2n) is 4.82. The van der Waals surface area contributed by atoms with Gasteiger partial charge in [0.2, 0.25) is 17.8 Å². The third-order valence-corrected chi connectivity index (χ3v) is 3.11. The van der Waals surface area contributed by atoms with E-state index in [1.807, 2.05) is 32.0 Å². The normalized spacial score (nSPS) is 10.6. The average Bonchev–Trinajstić information content (AvgIpc) is 2.62. The molecule has 134 valence electrons. The second-order valence-corrected chi connectivity index (χ2v) is 4.82. The van der Waals surface area contributed by atoms with E-state index in [9.17, 15) is 0 Å². The first kappa shape index (κ1) is 18.2. The van der Waals surface area contributed by atoms with E-state index >= 15 is 0 Å². The van der Waals surface area contributed by atoms with Crippen LogP contribution in [0.5, 0.6) is 11.5 Å². The van der Waals surface area contributed by atoms with Crippen LogP contribution in [0.3, 0.4) is 0 Å². The molecule has 0 radical (unpaired) electrons. The summed E-state index contributed by atoms with van der Waals surface area (Å²) in [6, 6.07) is 5.55. The van der Waals surface area contributed by atoms with Crippen LogP contribution in [0.25, 0.3) is 0 Å². The molecule has 2 rings (SSSR count). The minimum absolute atomic E-state index is 0.333. The van der Waals surface area contributed by atoms with E-state index in [1.165, 1.54) is 0 Å². The quantitative estimate of drug-likeness (QED) is 0.469. The van der Waals surface area contributed by atoms with Crippen molar-refractivity contribution in [2.45, 2.75) is 13.8 Å². The van der Waals surface area contributed by atoms with Crippen LogP contribution in [0, 0.1) is 0 Å². The predicted molar refractivity (Wildman–Crippen MR) is 98.9 cm³/mol. The second kappa shape index (κ2) is 9.26. The van der Waals surface area contributed by atoms with Crippen LogP contribution in [0.4, 0.5) is 17.8 Å². The van der Waals surface area contributed by atoms with Crippen molar-refractivity contribution in [1.29, 1.82) is 0 Å². The van der Waals surface area contributed by atoms with Gasteiger partial charge >= 0.3 is 0 Å². The molecule has 0 spiro atoms. The number of hydrogen-bond donors (Lipinski definition) is 3. The summed E-state index contributed by atoms with van der Waals surface area (Å²) < 4.78 is 10.6. The van der Waals surface area contributed by atoms with Gasteiger partial charge in [0.15, 0.2) is 11.5 Å². The van der Waals surface area contributed by atoms with Crippen molar-refractivity contribution >= 4 is 24.1 Å². The van der Waals surface area contributed by atoms with Crippen LogP contribution in [-0.2, 0) is 0 Å². The maximum absolute atomic E-state index is 5.37. The van der Waals surface area contributed by atoms with Crippen molar-refractivity contribution in [2.24, 2.45) is 5.10 Å². The van der Waals surface area contributed by atoms with Gasteiger partial charge in [-0.2, -0.15) is 20.1 Å². The van der Waals surface area contributed by atoms with Crippen LogP contribution in [-0.4, -0.2) is 48.5 Å². The molecule has 0 saturated heterocycles. The Morgan fingerprint density at radius 2 is 1.60 bits per heavy atom. The Hall–Kier alpha value is -3.10. The lowest BCUT2D eigenvalue weighted by Crippen LogP contribution is -2.10. The summed E-state index contributed by atoms with van der Waals surface area (Å²) in [7, 11) is 3.17. The lowest BCUT2D eigenvalue weighted by molar-refractivity contribution is 0.354. The number of anilines is 3. The van der Waals surface area contributed by atoms with Gasteiger partial charge in [0.05, 0.1) is 20.4 Å². The van der Waals surface area contributed by atoms with Crippen molar-refractivity contribution in [3.05, 3.63) is 23.8 Å². The molecular formula is C16H23N7O2. The van der Waals surface area contributed by atoms with E-state index in [-0.39, 0.29) is 0 Å². The minimum atomic E-state index is 0.333. The third kappa shape index (κ3) is 4.93. The smallest absolute Gasteiger partial charge is 0.250 e. The molecule has 1 heterocycles. The highest BCUT2D eigenvalue weighted by Crippen LogP contribution is 2.29. The van der Waals surface area contributed by atoms with Crippen molar-refractivity contribution < 1.29 is 9.47 Å². The highest BCUT2D eigenvalue weighted by atomic mass is 16.5. The van der Waals surface area contributed by atoms with E-state index < -0.39 is 0 Å². The molecule has 1 aromatic heterocycles. The lowest BCUT2D eigenvalue weighted by atomic mass is 10.2. The SMILES string of the molecule is CCNc1nc(NCC)nc(N/N=C/c2cccc(OC)c2OC)n1. The molecule has 0 unspecified atom stereocenters. The van der Waals surface area contributed by atoms with Crippen LogP contribution < -0.4 is 25.5 Å². The number of benzene rings is 1. The van der Waals surface area contributed by atoms with Crippen LogP contribution in [0.2, 0.25) is 0 Å². The number of hydrogen-bond acceptors (Lipinski definition) is 9. The van der Waals surface area contributed by atoms with Crippen molar-refractivity contribution in [3.8, 4) is 11.5 Å². The Labute approximate surface area is 146 Å². The van der Waals surface area contributed by atoms with Crippen molar-refractivity contribution in [2.75, 3.05) is 43.4 Å². The summed E-state index contributed by atoms with van der Waals surface area (Å²) in [4.78, 5) is 12.8. The number of nitrogens with zero attached hydrogens (tertiary/aromatic N) is 4. The Bertz CT molecular complexity index is 697. The molecule has 0 fully saturated rings. The van der Waals surface area contributed by atoms with E-state index in [4.69, 9.17) is 9.47 Å². The first-order chi connectivity index (χ1) is 12.2. The van der Waals surface area contributed by atoms with Crippen molar-refractivity contribution in [1.82, 2.24) is 15.0 Å². The fourth-order valence-electron chi connectivity index (χ4n) is 2.07. The number of nitrogens with one attached hydrogen (secondary N) is 3. The van der Waals surface area contributed by atoms with Gasteiger partial charge in [0.1, 0.15) is 0 Å². The van der Waals surface area contributed by atoms with E-state index in [0.29, 0.717) is 42.4 Å². The number of rotatable bonds is 9. The zero-order chi connectivity index (χ0) is 18.1. The fraction of sp³-hybridized carbons (Fsp3) is 0.375. The lowest BCUT2D eigenvalue weighted by Gasteiger charge is -2.10. The van der Waals surface area contributed by atoms with Gasteiger partial charge in [-0.05, 0) is 26.0 Å². The van der Waals surface area contributed by atoms with E-state index in [1.54, 1.807) is 20.4 Å². The van der Waals surface area contributed by atoms with Gasteiger partial charge in [-0.3, -0.25) is 0 Å².